The fourth-order valence-corrected chi connectivity index (χ4v) is 5.01. The summed E-state index contributed by atoms with van der Waals surface area (Å²) in [6.45, 7) is 13.0. The van der Waals surface area contributed by atoms with Crippen molar-refractivity contribution in [3.8, 4) is 0 Å². The van der Waals surface area contributed by atoms with Crippen molar-refractivity contribution in [2.75, 3.05) is 51.6 Å². The van der Waals surface area contributed by atoms with E-state index >= 15 is 0 Å². The summed E-state index contributed by atoms with van der Waals surface area (Å²) in [4.78, 5) is 7.66. The van der Waals surface area contributed by atoms with Gasteiger partial charge in [-0.2, -0.15) is 0 Å². The predicted molar refractivity (Wildman–Crippen MR) is 132 cm³/mol. The average molecular weight is 421 g/mol. The molecule has 2 heterocycles. The van der Waals surface area contributed by atoms with Crippen LogP contribution in [0, 0.1) is 0 Å². The molecule has 0 spiro atoms. The summed E-state index contributed by atoms with van der Waals surface area (Å²) in [7, 11) is 2.22. The molecular weight excluding hydrogens is 380 g/mol. The lowest BCUT2D eigenvalue weighted by Crippen LogP contribution is -2.58. The topological polar surface area (TPSA) is 21.8 Å². The molecule has 2 saturated heterocycles. The number of likely N-dealkylation sites (tertiary alicyclic amines) is 1. The first-order valence-electron chi connectivity index (χ1n) is 12.1. The van der Waals surface area contributed by atoms with Crippen LogP contribution < -0.4 is 5.32 Å². The molecule has 168 valence electrons. The number of likely N-dealkylation sites (N-methyl/N-ethyl adjacent to an activating group) is 1. The molecule has 0 bridgehead atoms. The maximum atomic E-state index is 3.87. The van der Waals surface area contributed by atoms with Gasteiger partial charge in [-0.1, -0.05) is 42.5 Å². The maximum absolute atomic E-state index is 3.87. The van der Waals surface area contributed by atoms with Crippen LogP contribution >= 0.6 is 0 Å². The summed E-state index contributed by atoms with van der Waals surface area (Å²) in [6, 6.07) is 20.5. The molecule has 0 radical (unpaired) electrons. The van der Waals surface area contributed by atoms with Crippen molar-refractivity contribution < 1.29 is 0 Å². The fourth-order valence-electron chi connectivity index (χ4n) is 5.01. The normalized spacial score (nSPS) is 23.0. The van der Waals surface area contributed by atoms with Gasteiger partial charge in [-0.3, -0.25) is 4.90 Å². The Morgan fingerprint density at radius 2 is 1.58 bits per heavy atom. The van der Waals surface area contributed by atoms with Gasteiger partial charge in [0.15, 0.2) is 0 Å². The van der Waals surface area contributed by atoms with Gasteiger partial charge in [-0.05, 0) is 70.0 Å². The Bertz CT molecular complexity index is 794. The smallest absolute Gasteiger partial charge is 0.0440 e. The Balaban J connectivity index is 1.31. The third kappa shape index (κ3) is 5.88. The van der Waals surface area contributed by atoms with Gasteiger partial charge in [-0.25, -0.2) is 0 Å². The van der Waals surface area contributed by atoms with Crippen LogP contribution in [-0.4, -0.2) is 72.6 Å². The van der Waals surface area contributed by atoms with Crippen LogP contribution in [0.2, 0.25) is 0 Å². The van der Waals surface area contributed by atoms with Crippen molar-refractivity contribution in [3.63, 3.8) is 0 Å². The van der Waals surface area contributed by atoms with Crippen molar-refractivity contribution in [1.29, 1.82) is 0 Å². The van der Waals surface area contributed by atoms with Gasteiger partial charge in [0.2, 0.25) is 0 Å². The number of rotatable bonds is 7. The lowest BCUT2D eigenvalue weighted by molar-refractivity contribution is 0.0571. The van der Waals surface area contributed by atoms with E-state index < -0.39 is 0 Å². The summed E-state index contributed by atoms with van der Waals surface area (Å²) in [5, 5.41) is 3.87. The standard InChI is InChI=1S/C27H40N4/c1-27(2)26(10-7-16-31(27)22-24-8-5-4-6-9-24)28-25-13-11-23(12-14-25)15-17-30-20-18-29(3)19-21-30/h4-6,8-9,11-14,26,28H,7,10,15-22H2,1-3H3. The maximum Gasteiger partial charge on any atom is 0.0440 e. The van der Waals surface area contributed by atoms with Crippen LogP contribution in [0.15, 0.2) is 54.6 Å². The van der Waals surface area contributed by atoms with E-state index in [0.717, 1.165) is 13.0 Å². The van der Waals surface area contributed by atoms with Crippen LogP contribution in [0.3, 0.4) is 0 Å². The Hall–Kier alpha value is -1.88. The van der Waals surface area contributed by atoms with E-state index in [2.05, 4.69) is 95.5 Å². The Morgan fingerprint density at radius 1 is 0.871 bits per heavy atom. The lowest BCUT2D eigenvalue weighted by Gasteiger charge is -2.48. The van der Waals surface area contributed by atoms with Gasteiger partial charge in [0, 0.05) is 56.5 Å². The number of anilines is 1. The second-order valence-electron chi connectivity index (χ2n) is 9.99. The van der Waals surface area contributed by atoms with Crippen molar-refractivity contribution in [2.24, 2.45) is 0 Å². The lowest BCUT2D eigenvalue weighted by atomic mass is 9.84. The minimum atomic E-state index is 0.119. The van der Waals surface area contributed by atoms with Crippen LogP contribution in [0.5, 0.6) is 0 Å². The quantitative estimate of drug-likeness (QED) is 0.720. The highest BCUT2D eigenvalue weighted by Crippen LogP contribution is 2.32. The number of hydrogen-bond acceptors (Lipinski definition) is 4. The minimum absolute atomic E-state index is 0.119. The van der Waals surface area contributed by atoms with Crippen molar-refractivity contribution >= 4 is 5.69 Å². The summed E-state index contributed by atoms with van der Waals surface area (Å²) in [6.07, 6.45) is 3.62. The highest BCUT2D eigenvalue weighted by atomic mass is 15.2. The molecule has 1 unspecified atom stereocenters. The Labute approximate surface area is 189 Å². The van der Waals surface area contributed by atoms with Crippen LogP contribution in [0.25, 0.3) is 0 Å². The van der Waals surface area contributed by atoms with Crippen LogP contribution in [0.1, 0.15) is 37.8 Å². The van der Waals surface area contributed by atoms with Crippen LogP contribution in [0.4, 0.5) is 5.69 Å². The third-order valence-corrected chi connectivity index (χ3v) is 7.41. The van der Waals surface area contributed by atoms with Gasteiger partial charge in [-0.15, -0.1) is 0 Å². The van der Waals surface area contributed by atoms with Crippen molar-refractivity contribution in [1.82, 2.24) is 14.7 Å². The Morgan fingerprint density at radius 3 is 2.29 bits per heavy atom. The molecule has 4 rings (SSSR count). The fraction of sp³-hybridized carbons (Fsp3) is 0.556. The van der Waals surface area contributed by atoms with Gasteiger partial charge < -0.3 is 15.1 Å². The summed E-state index contributed by atoms with van der Waals surface area (Å²) in [5.41, 5.74) is 4.22. The molecule has 0 amide bonds. The van der Waals surface area contributed by atoms with E-state index in [1.807, 2.05) is 0 Å². The molecule has 0 aromatic heterocycles. The minimum Gasteiger partial charge on any atom is -0.380 e. The largest absolute Gasteiger partial charge is 0.380 e. The summed E-state index contributed by atoms with van der Waals surface area (Å²) in [5.74, 6) is 0. The first-order chi connectivity index (χ1) is 15.0. The number of piperazine rings is 1. The third-order valence-electron chi connectivity index (χ3n) is 7.41. The zero-order valence-electron chi connectivity index (χ0n) is 19.7. The molecule has 2 aromatic rings. The van der Waals surface area contributed by atoms with Gasteiger partial charge in [0.1, 0.15) is 0 Å². The molecule has 0 aliphatic carbocycles. The van der Waals surface area contributed by atoms with Gasteiger partial charge in [0.05, 0.1) is 0 Å². The van der Waals surface area contributed by atoms with E-state index in [1.165, 1.54) is 68.9 Å². The van der Waals surface area contributed by atoms with E-state index in [0.29, 0.717) is 6.04 Å². The molecule has 2 aromatic carbocycles. The highest BCUT2D eigenvalue weighted by Gasteiger charge is 2.38. The molecule has 2 aliphatic rings. The van der Waals surface area contributed by atoms with E-state index in [-0.39, 0.29) is 5.54 Å². The van der Waals surface area contributed by atoms with E-state index in [4.69, 9.17) is 0 Å². The zero-order chi connectivity index (χ0) is 21.7. The SMILES string of the molecule is CN1CCN(CCc2ccc(NC3CCCN(Cc4ccccc4)C3(C)C)cc2)CC1. The van der Waals surface area contributed by atoms with Crippen molar-refractivity contribution in [2.45, 2.75) is 51.2 Å². The Kier molecular flexibility index (Phi) is 7.31. The second kappa shape index (κ2) is 10.2. The molecule has 4 nitrogen and oxygen atoms in total. The number of nitrogens with one attached hydrogen (secondary N) is 1. The first-order valence-corrected chi connectivity index (χ1v) is 12.1. The summed E-state index contributed by atoms with van der Waals surface area (Å²) < 4.78 is 0. The van der Waals surface area contributed by atoms with E-state index in [9.17, 15) is 0 Å². The number of piperidine rings is 1. The van der Waals surface area contributed by atoms with Crippen LogP contribution in [-0.2, 0) is 13.0 Å². The van der Waals surface area contributed by atoms with E-state index in [1.54, 1.807) is 0 Å². The molecular formula is C27H40N4. The monoisotopic (exact) mass is 420 g/mol. The summed E-state index contributed by atoms with van der Waals surface area (Å²) >= 11 is 0. The second-order valence-corrected chi connectivity index (χ2v) is 9.99. The highest BCUT2D eigenvalue weighted by molar-refractivity contribution is 5.46. The molecule has 2 fully saturated rings. The van der Waals surface area contributed by atoms with Crippen molar-refractivity contribution in [3.05, 3.63) is 65.7 Å². The molecule has 31 heavy (non-hydrogen) atoms. The molecule has 2 aliphatic heterocycles. The average Bonchev–Trinajstić information content (AvgIpc) is 2.78. The molecule has 0 saturated carbocycles. The van der Waals surface area contributed by atoms with Gasteiger partial charge in [0.25, 0.3) is 0 Å². The predicted octanol–water partition coefficient (Wildman–Crippen LogP) is 4.33. The molecule has 4 heteroatoms. The number of benzene rings is 2. The molecule has 1 atom stereocenters. The molecule has 1 N–H and O–H groups in total. The number of hydrogen-bond donors (Lipinski definition) is 1. The zero-order valence-corrected chi connectivity index (χ0v) is 19.7. The number of nitrogens with zero attached hydrogens (tertiary/aromatic N) is 3. The first kappa shape index (κ1) is 22.3. The van der Waals surface area contributed by atoms with Gasteiger partial charge >= 0.3 is 0 Å².